The van der Waals surface area contributed by atoms with E-state index in [1.807, 2.05) is 24.3 Å². The molecule has 4 heteroatoms. The number of halogens is 1. The Hall–Kier alpha value is -0.870. The van der Waals surface area contributed by atoms with Crippen LogP contribution in [0, 0.1) is 0 Å². The molecule has 0 spiro atoms. The van der Waals surface area contributed by atoms with E-state index >= 15 is 0 Å². The lowest BCUT2D eigenvalue weighted by Gasteiger charge is -2.02. The molecule has 0 radical (unpaired) electrons. The summed E-state index contributed by atoms with van der Waals surface area (Å²) in [5, 5.41) is 1.70. The molecule has 1 saturated carbocycles. The van der Waals surface area contributed by atoms with Crippen LogP contribution in [0.3, 0.4) is 0 Å². The minimum absolute atomic E-state index is 0.0166. The number of carbonyl (C=O) groups is 2. The van der Waals surface area contributed by atoms with Gasteiger partial charge in [0.05, 0.1) is 5.57 Å². The molecule has 94 valence electrons. The van der Waals surface area contributed by atoms with Crippen LogP contribution in [0.5, 0.6) is 0 Å². The molecule has 0 N–H and O–H groups in total. The highest BCUT2D eigenvalue weighted by Gasteiger charge is 2.21. The summed E-state index contributed by atoms with van der Waals surface area (Å²) in [6.45, 7) is 0. The number of allylic oxidation sites excluding steroid dienone is 1. The number of rotatable bonds is 2. The van der Waals surface area contributed by atoms with Crippen molar-refractivity contribution in [1.82, 2.24) is 0 Å². The number of hydrogen-bond acceptors (Lipinski definition) is 3. The smallest absolute Gasteiger partial charge is 0.166 e. The normalized spacial score (nSPS) is 16.6. The predicted molar refractivity (Wildman–Crippen MR) is 76.6 cm³/mol. The van der Waals surface area contributed by atoms with Crippen molar-refractivity contribution < 1.29 is 9.59 Å². The SMILES string of the molecule is O=C1CCCCC(=O)C1=CSc1ccccc1Br. The fraction of sp³-hybridized carbons (Fsp3) is 0.286. The molecule has 1 aliphatic rings. The monoisotopic (exact) mass is 324 g/mol. The largest absolute Gasteiger partial charge is 0.294 e. The lowest BCUT2D eigenvalue weighted by atomic mass is 10.1. The van der Waals surface area contributed by atoms with E-state index in [-0.39, 0.29) is 11.6 Å². The van der Waals surface area contributed by atoms with Gasteiger partial charge in [-0.15, -0.1) is 0 Å². The van der Waals surface area contributed by atoms with E-state index in [4.69, 9.17) is 0 Å². The number of carbonyl (C=O) groups excluding carboxylic acids is 2. The molecule has 1 fully saturated rings. The van der Waals surface area contributed by atoms with Gasteiger partial charge in [0.2, 0.25) is 0 Å². The van der Waals surface area contributed by atoms with Crippen LogP contribution in [0.25, 0.3) is 0 Å². The summed E-state index contributed by atoms with van der Waals surface area (Å²) in [5.41, 5.74) is 0.369. The van der Waals surface area contributed by atoms with Crippen LogP contribution >= 0.6 is 27.7 Å². The molecule has 0 aromatic heterocycles. The summed E-state index contributed by atoms with van der Waals surface area (Å²) in [7, 11) is 0. The quantitative estimate of drug-likeness (QED) is 0.355. The van der Waals surface area contributed by atoms with Gasteiger partial charge in [-0.3, -0.25) is 9.59 Å². The highest BCUT2D eigenvalue weighted by Crippen LogP contribution is 2.30. The van der Waals surface area contributed by atoms with Gasteiger partial charge in [0.15, 0.2) is 11.6 Å². The number of Topliss-reactive ketones (excluding diaryl/α,β-unsaturated/α-hetero) is 2. The van der Waals surface area contributed by atoms with Crippen LogP contribution in [-0.2, 0) is 9.59 Å². The predicted octanol–water partition coefficient (Wildman–Crippen LogP) is 4.14. The maximum atomic E-state index is 11.8. The summed E-state index contributed by atoms with van der Waals surface area (Å²) >= 11 is 4.87. The van der Waals surface area contributed by atoms with E-state index in [0.29, 0.717) is 18.4 Å². The maximum absolute atomic E-state index is 11.8. The van der Waals surface area contributed by atoms with Crippen molar-refractivity contribution >= 4 is 39.3 Å². The molecule has 0 atom stereocenters. The molecule has 2 nitrogen and oxygen atoms in total. The molecule has 0 bridgehead atoms. The van der Waals surface area contributed by atoms with Crippen LogP contribution in [-0.4, -0.2) is 11.6 Å². The first-order chi connectivity index (χ1) is 8.68. The summed E-state index contributed by atoms with van der Waals surface area (Å²) < 4.78 is 0.973. The van der Waals surface area contributed by atoms with Gasteiger partial charge in [-0.25, -0.2) is 0 Å². The van der Waals surface area contributed by atoms with Gasteiger partial charge in [0, 0.05) is 22.2 Å². The van der Waals surface area contributed by atoms with Crippen molar-refractivity contribution in [3.63, 3.8) is 0 Å². The third kappa shape index (κ3) is 3.33. The van der Waals surface area contributed by atoms with Crippen molar-refractivity contribution in [1.29, 1.82) is 0 Å². The van der Waals surface area contributed by atoms with Gasteiger partial charge in [-0.1, -0.05) is 23.9 Å². The number of ketones is 2. The summed E-state index contributed by atoms with van der Waals surface area (Å²) in [6.07, 6.45) is 2.63. The van der Waals surface area contributed by atoms with Gasteiger partial charge in [-0.2, -0.15) is 0 Å². The topological polar surface area (TPSA) is 34.1 Å². The van der Waals surface area contributed by atoms with Crippen molar-refractivity contribution in [2.45, 2.75) is 30.6 Å². The molecule has 0 heterocycles. The van der Waals surface area contributed by atoms with E-state index < -0.39 is 0 Å². The Morgan fingerprint density at radius 3 is 2.28 bits per heavy atom. The first-order valence-corrected chi connectivity index (χ1v) is 7.53. The Morgan fingerprint density at radius 1 is 1.06 bits per heavy atom. The van der Waals surface area contributed by atoms with E-state index in [1.165, 1.54) is 11.8 Å². The zero-order valence-corrected chi connectivity index (χ0v) is 12.2. The van der Waals surface area contributed by atoms with Gasteiger partial charge in [-0.05, 0) is 46.3 Å². The molecule has 2 rings (SSSR count). The lowest BCUT2D eigenvalue weighted by molar-refractivity contribution is -0.120. The lowest BCUT2D eigenvalue weighted by Crippen LogP contribution is -2.08. The van der Waals surface area contributed by atoms with Gasteiger partial charge in [0.25, 0.3) is 0 Å². The van der Waals surface area contributed by atoms with E-state index in [2.05, 4.69) is 15.9 Å². The van der Waals surface area contributed by atoms with Gasteiger partial charge < -0.3 is 0 Å². The second-order valence-electron chi connectivity index (χ2n) is 4.13. The average molecular weight is 325 g/mol. The van der Waals surface area contributed by atoms with Crippen LogP contribution < -0.4 is 0 Å². The highest BCUT2D eigenvalue weighted by atomic mass is 79.9. The van der Waals surface area contributed by atoms with Crippen LogP contribution in [0.1, 0.15) is 25.7 Å². The molecule has 18 heavy (non-hydrogen) atoms. The zero-order valence-electron chi connectivity index (χ0n) is 9.82. The van der Waals surface area contributed by atoms with Crippen molar-refractivity contribution in [2.75, 3.05) is 0 Å². The molecule has 1 aliphatic carbocycles. The second kappa shape index (κ2) is 6.34. The van der Waals surface area contributed by atoms with Crippen molar-refractivity contribution in [3.8, 4) is 0 Å². The molecule has 0 aliphatic heterocycles. The first-order valence-electron chi connectivity index (χ1n) is 5.86. The van der Waals surface area contributed by atoms with Crippen molar-refractivity contribution in [3.05, 3.63) is 39.7 Å². The van der Waals surface area contributed by atoms with E-state index in [1.54, 1.807) is 5.41 Å². The highest BCUT2D eigenvalue weighted by molar-refractivity contribution is 9.10. The van der Waals surface area contributed by atoms with Crippen LogP contribution in [0.4, 0.5) is 0 Å². The van der Waals surface area contributed by atoms with Gasteiger partial charge in [0.1, 0.15) is 0 Å². The van der Waals surface area contributed by atoms with Gasteiger partial charge >= 0.3 is 0 Å². The Morgan fingerprint density at radius 2 is 1.67 bits per heavy atom. The minimum atomic E-state index is -0.0166. The molecular weight excluding hydrogens is 312 g/mol. The Labute approximate surface area is 119 Å². The zero-order chi connectivity index (χ0) is 13.0. The third-order valence-electron chi connectivity index (χ3n) is 2.80. The minimum Gasteiger partial charge on any atom is -0.294 e. The third-order valence-corrected chi connectivity index (χ3v) is 4.72. The Bertz CT molecular complexity index is 488. The van der Waals surface area contributed by atoms with Crippen LogP contribution in [0.15, 0.2) is 44.6 Å². The summed E-state index contributed by atoms with van der Waals surface area (Å²) in [4.78, 5) is 24.6. The van der Waals surface area contributed by atoms with Crippen LogP contribution in [0.2, 0.25) is 0 Å². The summed E-state index contributed by atoms with van der Waals surface area (Å²) in [5.74, 6) is -0.0332. The molecule has 1 aromatic carbocycles. The maximum Gasteiger partial charge on any atom is 0.166 e. The average Bonchev–Trinajstić information content (AvgIpc) is 2.51. The number of thioether (sulfide) groups is 1. The number of hydrogen-bond donors (Lipinski definition) is 0. The van der Waals surface area contributed by atoms with Crippen molar-refractivity contribution in [2.24, 2.45) is 0 Å². The molecule has 0 unspecified atom stereocenters. The first kappa shape index (κ1) is 13.6. The summed E-state index contributed by atoms with van der Waals surface area (Å²) in [6, 6.07) is 7.76. The van der Waals surface area contributed by atoms with E-state index in [0.717, 1.165) is 22.2 Å². The Balaban J connectivity index is 2.19. The second-order valence-corrected chi connectivity index (χ2v) is 5.90. The standard InChI is InChI=1S/C14H13BrO2S/c15-11-5-1-4-8-14(11)18-9-10-12(16)6-2-3-7-13(10)17/h1,4-5,8-9H,2-3,6-7H2. The molecule has 1 aromatic rings. The number of benzene rings is 1. The Kier molecular flexibility index (Phi) is 4.78. The molecule has 0 saturated heterocycles. The molecular formula is C14H13BrO2S. The van der Waals surface area contributed by atoms with E-state index in [9.17, 15) is 9.59 Å². The fourth-order valence-corrected chi connectivity index (χ4v) is 3.20. The fourth-order valence-electron chi connectivity index (χ4n) is 1.79. The molecule has 0 amide bonds.